The molecule has 0 radical (unpaired) electrons. The van der Waals surface area contributed by atoms with Gasteiger partial charge < -0.3 is 9.47 Å². The summed E-state index contributed by atoms with van der Waals surface area (Å²) >= 11 is 0. The predicted octanol–water partition coefficient (Wildman–Crippen LogP) is 7.96. The van der Waals surface area contributed by atoms with Gasteiger partial charge in [0, 0.05) is 29.9 Å². The number of rotatable bonds is 17. The van der Waals surface area contributed by atoms with Gasteiger partial charge in [0.15, 0.2) is 11.9 Å². The van der Waals surface area contributed by atoms with E-state index in [0.717, 1.165) is 49.7 Å². The number of ketones is 1. The molecule has 0 bridgehead atoms. The zero-order chi connectivity index (χ0) is 29.5. The number of carbonyl (C=O) groups is 3. The number of Topliss-reactive ketones (excluding diaryl/α,β-unsaturated/α-hetero) is 1. The van der Waals surface area contributed by atoms with Gasteiger partial charge in [-0.25, -0.2) is 14.8 Å². The summed E-state index contributed by atoms with van der Waals surface area (Å²) in [4.78, 5) is 46.3. The first-order valence-corrected chi connectivity index (χ1v) is 14.9. The van der Waals surface area contributed by atoms with Crippen molar-refractivity contribution in [2.75, 3.05) is 0 Å². The van der Waals surface area contributed by atoms with E-state index in [1.165, 1.54) is 25.7 Å². The summed E-state index contributed by atoms with van der Waals surface area (Å²) in [6, 6.07) is 13.2. The summed E-state index contributed by atoms with van der Waals surface area (Å²) < 4.78 is 10.8. The quantitative estimate of drug-likeness (QED) is 0.0717. The van der Waals surface area contributed by atoms with E-state index in [9.17, 15) is 14.4 Å². The van der Waals surface area contributed by atoms with Gasteiger partial charge in [-0.1, -0.05) is 70.9 Å². The Morgan fingerprint density at radius 1 is 0.732 bits per heavy atom. The Balaban J connectivity index is 1.48. The van der Waals surface area contributed by atoms with Crippen LogP contribution in [0.2, 0.25) is 0 Å². The Labute approximate surface area is 243 Å². The Kier molecular flexibility index (Phi) is 13.2. The molecule has 2 aromatic carbocycles. The van der Waals surface area contributed by atoms with Crippen LogP contribution in [0.4, 0.5) is 0 Å². The van der Waals surface area contributed by atoms with Crippen LogP contribution < -0.4 is 4.74 Å². The largest absolute Gasteiger partial charge is 0.454 e. The van der Waals surface area contributed by atoms with E-state index in [-0.39, 0.29) is 11.8 Å². The first kappa shape index (κ1) is 31.7. The van der Waals surface area contributed by atoms with Crippen LogP contribution in [0.3, 0.4) is 0 Å². The average Bonchev–Trinajstić information content (AvgIpc) is 2.99. The zero-order valence-corrected chi connectivity index (χ0v) is 24.6. The normalized spacial score (nSPS) is 11.6. The van der Waals surface area contributed by atoms with Crippen molar-refractivity contribution in [2.45, 2.75) is 97.5 Å². The van der Waals surface area contributed by atoms with Gasteiger partial charge in [0.25, 0.3) is 0 Å². The van der Waals surface area contributed by atoms with E-state index in [1.54, 1.807) is 55.5 Å². The van der Waals surface area contributed by atoms with Crippen LogP contribution in [0.15, 0.2) is 60.9 Å². The lowest BCUT2D eigenvalue weighted by Crippen LogP contribution is -2.24. The molecule has 218 valence electrons. The van der Waals surface area contributed by atoms with E-state index in [2.05, 4.69) is 23.8 Å². The number of aromatic nitrogens is 2. The van der Waals surface area contributed by atoms with Crippen molar-refractivity contribution in [3.63, 3.8) is 0 Å². The number of hydrogen-bond acceptors (Lipinski definition) is 7. The molecule has 1 heterocycles. The third-order valence-corrected chi connectivity index (χ3v) is 6.91. The molecule has 7 heteroatoms. The number of ether oxygens (including phenoxy) is 2. The van der Waals surface area contributed by atoms with Crippen molar-refractivity contribution in [2.24, 2.45) is 0 Å². The van der Waals surface area contributed by atoms with Crippen molar-refractivity contribution in [1.82, 2.24) is 9.97 Å². The Bertz CT molecular complexity index is 1240. The summed E-state index contributed by atoms with van der Waals surface area (Å²) in [6.45, 7) is 5.89. The summed E-state index contributed by atoms with van der Waals surface area (Å²) in [5.41, 5.74) is 2.71. The number of aryl methyl sites for hydroxylation is 1. The van der Waals surface area contributed by atoms with Crippen molar-refractivity contribution < 1.29 is 23.9 Å². The minimum absolute atomic E-state index is 0.303. The first-order chi connectivity index (χ1) is 19.9. The topological polar surface area (TPSA) is 95.5 Å². The number of hydrogen-bond donors (Lipinski definition) is 0. The Hall–Kier alpha value is -3.87. The molecule has 3 rings (SSSR count). The van der Waals surface area contributed by atoms with E-state index in [1.807, 2.05) is 12.4 Å². The van der Waals surface area contributed by atoms with E-state index in [4.69, 9.17) is 9.47 Å². The maximum atomic E-state index is 12.7. The highest BCUT2D eigenvalue weighted by Crippen LogP contribution is 2.19. The van der Waals surface area contributed by atoms with Crippen molar-refractivity contribution in [3.05, 3.63) is 77.6 Å². The van der Waals surface area contributed by atoms with Crippen LogP contribution in [-0.4, -0.2) is 33.8 Å². The summed E-state index contributed by atoms with van der Waals surface area (Å²) in [5, 5.41) is 0. The standard InChI is InChI=1S/C34H42N2O5/c1-4-6-8-10-11-13-26-23-35-33(36-24-26)28-15-17-29(18-16-28)34(39)41-30-21-19-27(20-22-30)32(38)25(3)40-31(37)14-12-9-7-5-2/h15-25H,4-14H2,1-3H3. The fourth-order valence-corrected chi connectivity index (χ4v) is 4.41. The van der Waals surface area contributed by atoms with Crippen LogP contribution in [0.25, 0.3) is 11.4 Å². The molecule has 3 aromatic rings. The zero-order valence-electron chi connectivity index (χ0n) is 24.6. The summed E-state index contributed by atoms with van der Waals surface area (Å²) in [7, 11) is 0. The van der Waals surface area contributed by atoms with Gasteiger partial charge >= 0.3 is 11.9 Å². The van der Waals surface area contributed by atoms with E-state index < -0.39 is 12.1 Å². The van der Waals surface area contributed by atoms with Gasteiger partial charge in [0.1, 0.15) is 5.75 Å². The van der Waals surface area contributed by atoms with Crippen molar-refractivity contribution in [1.29, 1.82) is 0 Å². The van der Waals surface area contributed by atoms with Crippen LogP contribution in [0.5, 0.6) is 5.75 Å². The first-order valence-electron chi connectivity index (χ1n) is 14.9. The molecular weight excluding hydrogens is 516 g/mol. The third-order valence-electron chi connectivity index (χ3n) is 6.91. The second-order valence-electron chi connectivity index (χ2n) is 10.4. The second kappa shape index (κ2) is 17.1. The molecule has 0 N–H and O–H groups in total. The lowest BCUT2D eigenvalue weighted by Gasteiger charge is -2.13. The predicted molar refractivity (Wildman–Crippen MR) is 160 cm³/mol. The van der Waals surface area contributed by atoms with Gasteiger partial charge in [0.2, 0.25) is 5.78 Å². The molecule has 0 saturated carbocycles. The number of carbonyl (C=O) groups excluding carboxylic acids is 3. The van der Waals surface area contributed by atoms with Crippen LogP contribution in [-0.2, 0) is 16.0 Å². The fourth-order valence-electron chi connectivity index (χ4n) is 4.41. The number of benzene rings is 2. The smallest absolute Gasteiger partial charge is 0.343 e. The van der Waals surface area contributed by atoms with Crippen LogP contribution in [0.1, 0.15) is 111 Å². The summed E-state index contributed by atoms with van der Waals surface area (Å²) in [6.07, 6.45) is 14.2. The third kappa shape index (κ3) is 10.6. The number of esters is 2. The minimum Gasteiger partial charge on any atom is -0.454 e. The highest BCUT2D eigenvalue weighted by Gasteiger charge is 2.20. The molecule has 0 aliphatic rings. The Morgan fingerprint density at radius 3 is 1.95 bits per heavy atom. The minimum atomic E-state index is -0.878. The van der Waals surface area contributed by atoms with Crippen molar-refractivity contribution >= 4 is 17.7 Å². The molecule has 0 saturated heterocycles. The molecular formula is C34H42N2O5. The molecule has 1 aromatic heterocycles. The van der Waals surface area contributed by atoms with Gasteiger partial charge in [-0.3, -0.25) is 9.59 Å². The molecule has 0 amide bonds. The molecule has 1 unspecified atom stereocenters. The van der Waals surface area contributed by atoms with Crippen molar-refractivity contribution in [3.8, 4) is 17.1 Å². The maximum Gasteiger partial charge on any atom is 0.343 e. The maximum absolute atomic E-state index is 12.7. The van der Waals surface area contributed by atoms with E-state index >= 15 is 0 Å². The average molecular weight is 559 g/mol. The lowest BCUT2D eigenvalue weighted by atomic mass is 10.1. The second-order valence-corrected chi connectivity index (χ2v) is 10.4. The van der Waals surface area contributed by atoms with Gasteiger partial charge in [-0.2, -0.15) is 0 Å². The molecule has 7 nitrogen and oxygen atoms in total. The monoisotopic (exact) mass is 558 g/mol. The number of nitrogens with zero attached hydrogens (tertiary/aromatic N) is 2. The molecule has 0 fully saturated rings. The summed E-state index contributed by atoms with van der Waals surface area (Å²) in [5.74, 6) is -0.265. The molecule has 1 atom stereocenters. The van der Waals surface area contributed by atoms with Crippen LogP contribution in [0, 0.1) is 0 Å². The van der Waals surface area contributed by atoms with E-state index in [0.29, 0.717) is 29.1 Å². The van der Waals surface area contributed by atoms with Gasteiger partial charge in [0.05, 0.1) is 5.56 Å². The highest BCUT2D eigenvalue weighted by molar-refractivity contribution is 6.00. The lowest BCUT2D eigenvalue weighted by molar-refractivity contribution is -0.146. The van der Waals surface area contributed by atoms with Crippen LogP contribution >= 0.6 is 0 Å². The highest BCUT2D eigenvalue weighted by atomic mass is 16.5. The Morgan fingerprint density at radius 2 is 1.32 bits per heavy atom. The van der Waals surface area contributed by atoms with Gasteiger partial charge in [-0.05, 0) is 68.1 Å². The molecule has 0 aliphatic carbocycles. The molecule has 0 aliphatic heterocycles. The SMILES string of the molecule is CCCCCCCc1cnc(-c2ccc(C(=O)Oc3ccc(C(=O)C(C)OC(=O)CCCCCC)cc3)cc2)nc1. The molecule has 41 heavy (non-hydrogen) atoms. The number of unbranched alkanes of at least 4 members (excludes halogenated alkanes) is 7. The molecule has 0 spiro atoms. The fraction of sp³-hybridized carbons (Fsp3) is 0.441. The van der Waals surface area contributed by atoms with Gasteiger partial charge in [-0.15, -0.1) is 0 Å².